The monoisotopic (exact) mass is 271 g/mol. The van der Waals surface area contributed by atoms with Gasteiger partial charge >= 0.3 is 0 Å². The van der Waals surface area contributed by atoms with Crippen molar-refractivity contribution < 1.29 is 9.50 Å². The van der Waals surface area contributed by atoms with Crippen LogP contribution in [0.1, 0.15) is 5.56 Å². The fraction of sp³-hybridized carbons (Fsp3) is 0.0833. The Bertz CT molecular complexity index is 540. The van der Waals surface area contributed by atoms with E-state index in [2.05, 4.69) is 4.98 Å². The quantitative estimate of drug-likeness (QED) is 0.904. The van der Waals surface area contributed by atoms with E-state index in [4.69, 9.17) is 28.3 Å². The maximum absolute atomic E-state index is 13.8. The number of benzene rings is 1. The largest absolute Gasteiger partial charge is 0.392 e. The highest BCUT2D eigenvalue weighted by molar-refractivity contribution is 6.39. The molecule has 17 heavy (non-hydrogen) atoms. The number of aliphatic hydroxyl groups excluding tert-OH is 1. The van der Waals surface area contributed by atoms with Crippen LogP contribution in [0.25, 0.3) is 11.3 Å². The van der Waals surface area contributed by atoms with Crippen molar-refractivity contribution in [2.24, 2.45) is 0 Å². The van der Waals surface area contributed by atoms with Crippen LogP contribution in [0.5, 0.6) is 0 Å². The Labute approximate surface area is 108 Å². The van der Waals surface area contributed by atoms with Gasteiger partial charge in [-0.2, -0.15) is 0 Å². The molecule has 0 radical (unpaired) electrons. The number of nitrogens with zero attached hydrogens (tertiary/aromatic N) is 1. The van der Waals surface area contributed by atoms with Crippen molar-refractivity contribution in [3.63, 3.8) is 0 Å². The molecule has 2 aromatic rings. The Morgan fingerprint density at radius 2 is 1.88 bits per heavy atom. The van der Waals surface area contributed by atoms with Crippen LogP contribution in [0.15, 0.2) is 30.5 Å². The van der Waals surface area contributed by atoms with Crippen LogP contribution in [-0.2, 0) is 6.61 Å². The molecule has 5 heteroatoms. The number of pyridine rings is 1. The molecule has 0 amide bonds. The van der Waals surface area contributed by atoms with E-state index in [-0.39, 0.29) is 12.3 Å². The molecule has 0 bridgehead atoms. The summed E-state index contributed by atoms with van der Waals surface area (Å²) >= 11 is 11.9. The molecular formula is C12H8Cl2FNO. The lowest BCUT2D eigenvalue weighted by Gasteiger charge is -2.08. The van der Waals surface area contributed by atoms with Crippen LogP contribution in [0.3, 0.4) is 0 Å². The van der Waals surface area contributed by atoms with Crippen molar-refractivity contribution in [1.29, 1.82) is 0 Å². The van der Waals surface area contributed by atoms with Crippen LogP contribution in [0.2, 0.25) is 10.0 Å². The van der Waals surface area contributed by atoms with Crippen LogP contribution in [-0.4, -0.2) is 10.1 Å². The second kappa shape index (κ2) is 5.00. The number of rotatable bonds is 2. The van der Waals surface area contributed by atoms with E-state index in [1.165, 1.54) is 12.3 Å². The van der Waals surface area contributed by atoms with Crippen molar-refractivity contribution in [1.82, 2.24) is 4.98 Å². The molecule has 2 rings (SSSR count). The number of hydrogen-bond acceptors (Lipinski definition) is 2. The minimum Gasteiger partial charge on any atom is -0.392 e. The molecule has 0 aliphatic carbocycles. The molecular weight excluding hydrogens is 264 g/mol. The summed E-state index contributed by atoms with van der Waals surface area (Å²) in [7, 11) is 0. The van der Waals surface area contributed by atoms with Gasteiger partial charge in [-0.05, 0) is 23.8 Å². The molecule has 1 aromatic carbocycles. The Kier molecular flexibility index (Phi) is 3.62. The van der Waals surface area contributed by atoms with Crippen LogP contribution >= 0.6 is 23.2 Å². The zero-order chi connectivity index (χ0) is 12.4. The molecule has 0 aliphatic heterocycles. The molecule has 0 unspecified atom stereocenters. The van der Waals surface area contributed by atoms with E-state index in [9.17, 15) is 4.39 Å². The molecule has 1 heterocycles. The minimum atomic E-state index is -0.563. The van der Waals surface area contributed by atoms with Crippen molar-refractivity contribution in [2.45, 2.75) is 6.61 Å². The normalized spacial score (nSPS) is 10.6. The number of aliphatic hydroxyl groups is 1. The van der Waals surface area contributed by atoms with Gasteiger partial charge < -0.3 is 5.11 Å². The van der Waals surface area contributed by atoms with Gasteiger partial charge in [-0.3, -0.25) is 4.98 Å². The highest BCUT2D eigenvalue weighted by Gasteiger charge is 2.14. The molecule has 0 fully saturated rings. The third kappa shape index (κ3) is 2.41. The van der Waals surface area contributed by atoms with Gasteiger partial charge in [-0.1, -0.05) is 29.3 Å². The first-order valence-electron chi connectivity index (χ1n) is 4.83. The number of halogens is 3. The van der Waals surface area contributed by atoms with Crippen LogP contribution < -0.4 is 0 Å². The van der Waals surface area contributed by atoms with Crippen molar-refractivity contribution in [2.75, 3.05) is 0 Å². The van der Waals surface area contributed by atoms with E-state index in [0.29, 0.717) is 21.2 Å². The zero-order valence-corrected chi connectivity index (χ0v) is 10.1. The van der Waals surface area contributed by atoms with Gasteiger partial charge in [0.25, 0.3) is 0 Å². The first-order valence-corrected chi connectivity index (χ1v) is 5.58. The lowest BCUT2D eigenvalue weighted by atomic mass is 10.1. The smallest absolute Gasteiger partial charge is 0.149 e. The molecule has 1 N–H and O–H groups in total. The summed E-state index contributed by atoms with van der Waals surface area (Å²) in [5.74, 6) is -0.563. The Morgan fingerprint density at radius 1 is 1.24 bits per heavy atom. The highest BCUT2D eigenvalue weighted by Crippen LogP contribution is 2.34. The van der Waals surface area contributed by atoms with Crippen LogP contribution in [0.4, 0.5) is 4.39 Å². The SMILES string of the molecule is OCc1cnc(-c2c(Cl)cccc2Cl)c(F)c1. The predicted molar refractivity (Wildman–Crippen MR) is 65.6 cm³/mol. The van der Waals surface area contributed by atoms with Gasteiger partial charge in [0.05, 0.1) is 16.7 Å². The second-order valence-corrected chi connectivity index (χ2v) is 4.24. The molecule has 88 valence electrons. The lowest BCUT2D eigenvalue weighted by molar-refractivity contribution is 0.280. The number of aromatic nitrogens is 1. The van der Waals surface area contributed by atoms with E-state index in [0.717, 1.165) is 0 Å². The minimum absolute atomic E-state index is 0.0813. The molecule has 0 spiro atoms. The van der Waals surface area contributed by atoms with E-state index < -0.39 is 5.82 Å². The summed E-state index contributed by atoms with van der Waals surface area (Å²) in [4.78, 5) is 3.94. The number of hydrogen-bond donors (Lipinski definition) is 1. The molecule has 0 saturated heterocycles. The van der Waals surface area contributed by atoms with Gasteiger partial charge in [0, 0.05) is 11.8 Å². The standard InChI is InChI=1S/C12H8Cl2FNO/c13-8-2-1-3-9(14)11(8)12-10(15)4-7(6-17)5-16-12/h1-5,17H,6H2. The summed E-state index contributed by atoms with van der Waals surface area (Å²) < 4.78 is 13.8. The molecule has 2 nitrogen and oxygen atoms in total. The second-order valence-electron chi connectivity index (χ2n) is 3.43. The fourth-order valence-electron chi connectivity index (χ4n) is 1.47. The molecule has 0 saturated carbocycles. The summed E-state index contributed by atoms with van der Waals surface area (Å²) in [5.41, 5.74) is 0.838. The van der Waals surface area contributed by atoms with Gasteiger partial charge in [0.2, 0.25) is 0 Å². The van der Waals surface area contributed by atoms with Crippen molar-refractivity contribution in [3.8, 4) is 11.3 Å². The van der Waals surface area contributed by atoms with Gasteiger partial charge in [-0.15, -0.1) is 0 Å². The van der Waals surface area contributed by atoms with Crippen molar-refractivity contribution in [3.05, 3.63) is 51.9 Å². The average Bonchev–Trinajstić information content (AvgIpc) is 2.30. The van der Waals surface area contributed by atoms with Crippen molar-refractivity contribution >= 4 is 23.2 Å². The first-order chi connectivity index (χ1) is 8.13. The fourth-order valence-corrected chi connectivity index (χ4v) is 2.05. The van der Waals surface area contributed by atoms with E-state index in [1.807, 2.05) is 0 Å². The van der Waals surface area contributed by atoms with E-state index in [1.54, 1.807) is 18.2 Å². The maximum Gasteiger partial charge on any atom is 0.149 e. The predicted octanol–water partition coefficient (Wildman–Crippen LogP) is 3.69. The zero-order valence-electron chi connectivity index (χ0n) is 8.62. The lowest BCUT2D eigenvalue weighted by Crippen LogP contribution is -1.94. The Morgan fingerprint density at radius 3 is 2.41 bits per heavy atom. The first kappa shape index (κ1) is 12.3. The van der Waals surface area contributed by atoms with Gasteiger partial charge in [0.15, 0.2) is 0 Å². The van der Waals surface area contributed by atoms with Crippen LogP contribution in [0, 0.1) is 5.82 Å². The van der Waals surface area contributed by atoms with Gasteiger partial charge in [0.1, 0.15) is 11.5 Å². The third-order valence-corrected chi connectivity index (χ3v) is 2.91. The topological polar surface area (TPSA) is 33.1 Å². The summed E-state index contributed by atoms with van der Waals surface area (Å²) in [6, 6.07) is 6.11. The Hall–Kier alpha value is -1.16. The maximum atomic E-state index is 13.8. The molecule has 1 aromatic heterocycles. The summed E-state index contributed by atoms with van der Waals surface area (Å²) in [6.45, 7) is -0.263. The summed E-state index contributed by atoms with van der Waals surface area (Å²) in [5, 5.41) is 9.54. The van der Waals surface area contributed by atoms with Gasteiger partial charge in [-0.25, -0.2) is 4.39 Å². The molecule has 0 atom stereocenters. The third-order valence-electron chi connectivity index (χ3n) is 2.28. The average molecular weight is 272 g/mol. The molecule has 0 aliphatic rings. The Balaban J connectivity index is 2.61. The summed E-state index contributed by atoms with van der Waals surface area (Å²) in [6.07, 6.45) is 1.39. The van der Waals surface area contributed by atoms with E-state index >= 15 is 0 Å². The highest BCUT2D eigenvalue weighted by atomic mass is 35.5.